The van der Waals surface area contributed by atoms with E-state index in [1.54, 1.807) is 0 Å². The van der Waals surface area contributed by atoms with Gasteiger partial charge in [-0.1, -0.05) is 12.1 Å². The van der Waals surface area contributed by atoms with E-state index in [1.165, 1.54) is 21.7 Å². The molecule has 1 unspecified atom stereocenters. The Balaban J connectivity index is 2.28. The average molecular weight is 222 g/mol. The van der Waals surface area contributed by atoms with Crippen molar-refractivity contribution in [1.82, 2.24) is 0 Å². The fraction of sp³-hybridized carbons (Fsp3) is 0.500. The summed E-state index contributed by atoms with van der Waals surface area (Å²) in [6, 6.07) is 4.92. The van der Waals surface area contributed by atoms with Crippen molar-refractivity contribution < 1.29 is 0 Å². The molecular formula is C12H18N2S. The van der Waals surface area contributed by atoms with Crippen LogP contribution < -0.4 is 11.1 Å². The molecule has 0 aliphatic carbocycles. The van der Waals surface area contributed by atoms with E-state index >= 15 is 0 Å². The van der Waals surface area contributed by atoms with Gasteiger partial charge in [-0.2, -0.15) is 0 Å². The normalized spacial score (nSPS) is 19.5. The van der Waals surface area contributed by atoms with Crippen molar-refractivity contribution >= 4 is 17.4 Å². The van der Waals surface area contributed by atoms with E-state index in [0.29, 0.717) is 6.04 Å². The SMILES string of the molecule is Cc1ccc(C)c2c1NC(CCN)CS2. The minimum atomic E-state index is 0.535. The summed E-state index contributed by atoms with van der Waals surface area (Å²) in [6.07, 6.45) is 1.06. The first kappa shape index (κ1) is 10.8. The fourth-order valence-electron chi connectivity index (χ4n) is 1.94. The number of anilines is 1. The van der Waals surface area contributed by atoms with Crippen LogP contribution in [0.1, 0.15) is 17.5 Å². The van der Waals surface area contributed by atoms with Crippen molar-refractivity contribution in [3.8, 4) is 0 Å². The number of benzene rings is 1. The highest BCUT2D eigenvalue weighted by molar-refractivity contribution is 7.99. The molecule has 0 aromatic heterocycles. The van der Waals surface area contributed by atoms with Gasteiger partial charge in [0, 0.05) is 16.7 Å². The molecule has 3 N–H and O–H groups in total. The predicted octanol–water partition coefficient (Wildman–Crippen LogP) is 2.54. The minimum absolute atomic E-state index is 0.535. The first-order valence-electron chi connectivity index (χ1n) is 5.42. The van der Waals surface area contributed by atoms with Crippen LogP contribution in [0.2, 0.25) is 0 Å². The van der Waals surface area contributed by atoms with Crippen molar-refractivity contribution in [3.63, 3.8) is 0 Å². The van der Waals surface area contributed by atoms with Gasteiger partial charge < -0.3 is 11.1 Å². The van der Waals surface area contributed by atoms with E-state index in [1.807, 2.05) is 11.8 Å². The van der Waals surface area contributed by atoms with Gasteiger partial charge in [-0.15, -0.1) is 11.8 Å². The molecule has 82 valence electrons. The van der Waals surface area contributed by atoms with E-state index in [0.717, 1.165) is 18.7 Å². The maximum atomic E-state index is 5.60. The molecule has 1 aliphatic heterocycles. The molecule has 0 saturated heterocycles. The van der Waals surface area contributed by atoms with E-state index in [9.17, 15) is 0 Å². The molecule has 15 heavy (non-hydrogen) atoms. The number of hydrogen-bond donors (Lipinski definition) is 2. The van der Waals surface area contributed by atoms with Crippen LogP contribution in [0.4, 0.5) is 5.69 Å². The third-order valence-electron chi connectivity index (χ3n) is 2.86. The van der Waals surface area contributed by atoms with Crippen LogP contribution in [0, 0.1) is 13.8 Å². The molecule has 1 aromatic carbocycles. The minimum Gasteiger partial charge on any atom is -0.380 e. The van der Waals surface area contributed by atoms with E-state index in [4.69, 9.17) is 5.73 Å². The van der Waals surface area contributed by atoms with Crippen molar-refractivity contribution in [2.45, 2.75) is 31.2 Å². The molecule has 3 heteroatoms. The summed E-state index contributed by atoms with van der Waals surface area (Å²) in [4.78, 5) is 1.42. The van der Waals surface area contributed by atoms with Crippen LogP contribution in [-0.2, 0) is 0 Å². The molecule has 1 aliphatic rings. The molecule has 1 heterocycles. The van der Waals surface area contributed by atoms with Gasteiger partial charge in [-0.3, -0.25) is 0 Å². The summed E-state index contributed by atoms with van der Waals surface area (Å²) in [6.45, 7) is 5.10. The standard InChI is InChI=1S/C12H18N2S/c1-8-3-4-9(2)12-11(8)14-10(5-6-13)7-15-12/h3-4,10,14H,5-7,13H2,1-2H3. The highest BCUT2D eigenvalue weighted by Crippen LogP contribution is 2.38. The molecule has 1 atom stereocenters. The Kier molecular flexibility index (Phi) is 3.22. The molecule has 0 spiro atoms. The Hall–Kier alpha value is -0.670. The molecule has 2 rings (SSSR count). The highest BCUT2D eigenvalue weighted by atomic mass is 32.2. The summed E-state index contributed by atoms with van der Waals surface area (Å²) in [7, 11) is 0. The quantitative estimate of drug-likeness (QED) is 0.807. The van der Waals surface area contributed by atoms with Crippen molar-refractivity contribution in [1.29, 1.82) is 0 Å². The zero-order valence-corrected chi connectivity index (χ0v) is 10.2. The van der Waals surface area contributed by atoms with Gasteiger partial charge in [0.15, 0.2) is 0 Å². The number of nitrogens with one attached hydrogen (secondary N) is 1. The second-order valence-corrected chi connectivity index (χ2v) is 5.16. The number of rotatable bonds is 2. The monoisotopic (exact) mass is 222 g/mol. The van der Waals surface area contributed by atoms with Crippen LogP contribution in [0.25, 0.3) is 0 Å². The Morgan fingerprint density at radius 2 is 2.13 bits per heavy atom. The third-order valence-corrected chi connectivity index (χ3v) is 4.24. The van der Waals surface area contributed by atoms with Gasteiger partial charge >= 0.3 is 0 Å². The number of nitrogens with two attached hydrogens (primary N) is 1. The molecule has 0 radical (unpaired) electrons. The molecule has 1 aromatic rings. The van der Waals surface area contributed by atoms with Crippen LogP contribution in [0.3, 0.4) is 0 Å². The summed E-state index contributed by atoms with van der Waals surface area (Å²) in [5.41, 5.74) is 9.63. The zero-order valence-electron chi connectivity index (χ0n) is 9.34. The number of fused-ring (bicyclic) bond motifs is 1. The van der Waals surface area contributed by atoms with Gasteiger partial charge in [-0.25, -0.2) is 0 Å². The molecule has 2 nitrogen and oxygen atoms in total. The molecule has 0 saturated carbocycles. The Bertz CT molecular complexity index is 363. The van der Waals surface area contributed by atoms with Crippen LogP contribution in [0.5, 0.6) is 0 Å². The van der Waals surface area contributed by atoms with Gasteiger partial charge in [0.2, 0.25) is 0 Å². The number of aryl methyl sites for hydroxylation is 2. The first-order chi connectivity index (χ1) is 7.22. The first-order valence-corrected chi connectivity index (χ1v) is 6.40. The van der Waals surface area contributed by atoms with Crippen LogP contribution in [0.15, 0.2) is 17.0 Å². The lowest BCUT2D eigenvalue weighted by molar-refractivity contribution is 0.716. The van der Waals surface area contributed by atoms with Crippen molar-refractivity contribution in [2.75, 3.05) is 17.6 Å². The summed E-state index contributed by atoms with van der Waals surface area (Å²) >= 11 is 1.96. The largest absolute Gasteiger partial charge is 0.380 e. The van der Waals surface area contributed by atoms with Crippen LogP contribution >= 0.6 is 11.8 Å². The summed E-state index contributed by atoms with van der Waals surface area (Å²) < 4.78 is 0. The van der Waals surface area contributed by atoms with Gasteiger partial charge in [-0.05, 0) is 37.9 Å². The second kappa shape index (κ2) is 4.45. The number of hydrogen-bond acceptors (Lipinski definition) is 3. The lowest BCUT2D eigenvalue weighted by atomic mass is 10.1. The highest BCUT2D eigenvalue weighted by Gasteiger charge is 2.20. The predicted molar refractivity (Wildman–Crippen MR) is 67.7 cm³/mol. The second-order valence-electron chi connectivity index (χ2n) is 4.13. The van der Waals surface area contributed by atoms with Crippen LogP contribution in [-0.4, -0.2) is 18.3 Å². The third kappa shape index (κ3) is 2.13. The number of thioether (sulfide) groups is 1. The van der Waals surface area contributed by atoms with Crippen molar-refractivity contribution in [2.24, 2.45) is 5.73 Å². The van der Waals surface area contributed by atoms with E-state index in [2.05, 4.69) is 31.3 Å². The average Bonchev–Trinajstić information content (AvgIpc) is 2.24. The maximum Gasteiger partial charge on any atom is 0.0513 e. The summed E-state index contributed by atoms with van der Waals surface area (Å²) in [5.74, 6) is 1.13. The Morgan fingerprint density at radius 3 is 2.87 bits per heavy atom. The molecule has 0 amide bonds. The topological polar surface area (TPSA) is 38.0 Å². The fourth-order valence-corrected chi connectivity index (χ4v) is 3.21. The van der Waals surface area contributed by atoms with E-state index in [-0.39, 0.29) is 0 Å². The van der Waals surface area contributed by atoms with Gasteiger partial charge in [0.1, 0.15) is 0 Å². The lowest BCUT2D eigenvalue weighted by Crippen LogP contribution is -2.29. The van der Waals surface area contributed by atoms with E-state index < -0.39 is 0 Å². The van der Waals surface area contributed by atoms with Gasteiger partial charge in [0.05, 0.1) is 5.69 Å². The molecular weight excluding hydrogens is 204 g/mol. The molecule has 0 fully saturated rings. The lowest BCUT2D eigenvalue weighted by Gasteiger charge is -2.28. The Labute approximate surface area is 95.6 Å². The maximum absolute atomic E-state index is 5.60. The smallest absolute Gasteiger partial charge is 0.0513 e. The zero-order chi connectivity index (χ0) is 10.8. The van der Waals surface area contributed by atoms with Gasteiger partial charge in [0.25, 0.3) is 0 Å². The molecule has 0 bridgehead atoms. The van der Waals surface area contributed by atoms with Crippen molar-refractivity contribution in [3.05, 3.63) is 23.3 Å². The summed E-state index contributed by atoms with van der Waals surface area (Å²) in [5, 5.41) is 3.61. The Morgan fingerprint density at radius 1 is 1.40 bits per heavy atom.